The molecule has 0 fully saturated rings. The topological polar surface area (TPSA) is 44.1 Å². The summed E-state index contributed by atoms with van der Waals surface area (Å²) in [4.78, 5) is 16.2. The predicted molar refractivity (Wildman–Crippen MR) is 71.9 cm³/mol. The first-order valence-electron chi connectivity index (χ1n) is 6.43. The summed E-state index contributed by atoms with van der Waals surface area (Å²) in [6.07, 6.45) is 5.99. The number of ketones is 1. The number of hydrogen-bond acceptors (Lipinski definition) is 3. The van der Waals surface area contributed by atoms with Crippen molar-refractivity contribution in [3.05, 3.63) is 53.6 Å². The molecule has 4 nitrogen and oxygen atoms in total. The molecule has 0 saturated heterocycles. The molecule has 0 saturated carbocycles. The maximum absolute atomic E-state index is 13.2. The molecule has 1 aromatic carbocycles. The standard InChI is InChI=1S/C15H13FN2O2/c1-2-5-18-9-17-8-11(18)7-14-15(19)12-6-10(16)3-4-13(12)20-14/h3-4,6-9H,2,5H2,1H3/b14-7-. The van der Waals surface area contributed by atoms with Crippen molar-refractivity contribution in [1.82, 2.24) is 9.55 Å². The van der Waals surface area contributed by atoms with Crippen LogP contribution in [0.1, 0.15) is 29.4 Å². The van der Waals surface area contributed by atoms with Gasteiger partial charge in [-0.25, -0.2) is 9.37 Å². The van der Waals surface area contributed by atoms with Gasteiger partial charge in [0.2, 0.25) is 5.78 Å². The van der Waals surface area contributed by atoms with E-state index in [9.17, 15) is 9.18 Å². The second-order valence-electron chi connectivity index (χ2n) is 4.59. The molecule has 1 aliphatic rings. The summed E-state index contributed by atoms with van der Waals surface area (Å²) in [6, 6.07) is 3.94. The summed E-state index contributed by atoms with van der Waals surface area (Å²) >= 11 is 0. The average molecular weight is 272 g/mol. The number of fused-ring (bicyclic) bond motifs is 1. The lowest BCUT2D eigenvalue weighted by Gasteiger charge is -2.03. The van der Waals surface area contributed by atoms with Gasteiger partial charge in [0.1, 0.15) is 11.6 Å². The first-order chi connectivity index (χ1) is 9.69. The molecule has 102 valence electrons. The molecule has 20 heavy (non-hydrogen) atoms. The van der Waals surface area contributed by atoms with E-state index in [0.717, 1.165) is 18.7 Å². The van der Waals surface area contributed by atoms with E-state index < -0.39 is 5.82 Å². The van der Waals surface area contributed by atoms with Crippen LogP contribution >= 0.6 is 0 Å². The number of ether oxygens (including phenoxy) is 1. The molecular weight excluding hydrogens is 259 g/mol. The number of allylic oxidation sites excluding steroid dienone is 1. The number of nitrogens with zero attached hydrogens (tertiary/aromatic N) is 2. The Morgan fingerprint density at radius 2 is 2.30 bits per heavy atom. The Bertz CT molecular complexity index is 704. The second-order valence-corrected chi connectivity index (χ2v) is 4.59. The van der Waals surface area contributed by atoms with Gasteiger partial charge >= 0.3 is 0 Å². The molecule has 0 amide bonds. The predicted octanol–water partition coefficient (Wildman–Crippen LogP) is 3.05. The number of carbonyl (C=O) groups excluding carboxylic acids is 1. The van der Waals surface area contributed by atoms with Crippen molar-refractivity contribution >= 4 is 11.9 Å². The van der Waals surface area contributed by atoms with Gasteiger partial charge < -0.3 is 9.30 Å². The van der Waals surface area contributed by atoms with E-state index in [4.69, 9.17) is 4.74 Å². The number of hydrogen-bond donors (Lipinski definition) is 0. The van der Waals surface area contributed by atoms with Crippen molar-refractivity contribution in [2.75, 3.05) is 0 Å². The van der Waals surface area contributed by atoms with Crippen LogP contribution in [0.15, 0.2) is 36.5 Å². The number of imidazole rings is 1. The fraction of sp³-hybridized carbons (Fsp3) is 0.200. The smallest absolute Gasteiger partial charge is 0.232 e. The Balaban J connectivity index is 1.95. The zero-order valence-corrected chi connectivity index (χ0v) is 11.0. The van der Waals surface area contributed by atoms with Gasteiger partial charge in [0, 0.05) is 12.6 Å². The minimum atomic E-state index is -0.446. The normalized spacial score (nSPS) is 15.5. The molecule has 0 N–H and O–H groups in total. The van der Waals surface area contributed by atoms with Gasteiger partial charge in [-0.3, -0.25) is 4.79 Å². The number of benzene rings is 1. The zero-order valence-electron chi connectivity index (χ0n) is 11.0. The number of halogens is 1. The van der Waals surface area contributed by atoms with Crippen LogP contribution in [-0.2, 0) is 6.54 Å². The van der Waals surface area contributed by atoms with Crippen molar-refractivity contribution in [3.63, 3.8) is 0 Å². The number of rotatable bonds is 3. The van der Waals surface area contributed by atoms with E-state index >= 15 is 0 Å². The van der Waals surface area contributed by atoms with Crippen LogP contribution in [0.2, 0.25) is 0 Å². The van der Waals surface area contributed by atoms with Gasteiger partial charge in [-0.05, 0) is 24.6 Å². The lowest BCUT2D eigenvalue weighted by atomic mass is 10.1. The van der Waals surface area contributed by atoms with E-state index in [0.29, 0.717) is 5.75 Å². The van der Waals surface area contributed by atoms with Crippen molar-refractivity contribution < 1.29 is 13.9 Å². The number of aromatic nitrogens is 2. The quantitative estimate of drug-likeness (QED) is 0.807. The van der Waals surface area contributed by atoms with E-state index in [-0.39, 0.29) is 17.1 Å². The van der Waals surface area contributed by atoms with Crippen LogP contribution in [0.5, 0.6) is 5.75 Å². The van der Waals surface area contributed by atoms with Crippen molar-refractivity contribution in [1.29, 1.82) is 0 Å². The Morgan fingerprint density at radius 3 is 3.10 bits per heavy atom. The molecule has 2 heterocycles. The highest BCUT2D eigenvalue weighted by molar-refractivity contribution is 6.14. The van der Waals surface area contributed by atoms with Gasteiger partial charge in [0.05, 0.1) is 23.8 Å². The van der Waals surface area contributed by atoms with Gasteiger partial charge in [0.15, 0.2) is 5.76 Å². The minimum Gasteiger partial charge on any atom is -0.452 e. The fourth-order valence-electron chi connectivity index (χ4n) is 2.17. The minimum absolute atomic E-state index is 0.198. The Kier molecular flexibility index (Phi) is 3.10. The second kappa shape index (κ2) is 4.92. The van der Waals surface area contributed by atoms with E-state index in [2.05, 4.69) is 11.9 Å². The monoisotopic (exact) mass is 272 g/mol. The Hall–Kier alpha value is -2.43. The lowest BCUT2D eigenvalue weighted by Crippen LogP contribution is -2.02. The molecular formula is C15H13FN2O2. The molecule has 3 rings (SSSR count). The van der Waals surface area contributed by atoms with Crippen LogP contribution in [-0.4, -0.2) is 15.3 Å². The van der Waals surface area contributed by atoms with Crippen molar-refractivity contribution in [2.24, 2.45) is 0 Å². The Labute approximate surface area is 115 Å². The molecule has 1 aromatic heterocycles. The zero-order chi connectivity index (χ0) is 14.1. The van der Waals surface area contributed by atoms with Gasteiger partial charge in [-0.2, -0.15) is 0 Å². The summed E-state index contributed by atoms with van der Waals surface area (Å²) in [7, 11) is 0. The molecule has 2 aromatic rings. The Morgan fingerprint density at radius 1 is 1.45 bits per heavy atom. The number of carbonyl (C=O) groups is 1. The van der Waals surface area contributed by atoms with Crippen LogP contribution < -0.4 is 4.74 Å². The highest BCUT2D eigenvalue weighted by Crippen LogP contribution is 2.32. The SMILES string of the molecule is CCCn1cncc1/C=C1\Oc2ccc(F)cc2C1=O. The summed E-state index contributed by atoms with van der Waals surface area (Å²) < 4.78 is 20.6. The highest BCUT2D eigenvalue weighted by atomic mass is 19.1. The highest BCUT2D eigenvalue weighted by Gasteiger charge is 2.27. The summed E-state index contributed by atoms with van der Waals surface area (Å²) in [6.45, 7) is 2.88. The fourth-order valence-corrected chi connectivity index (χ4v) is 2.17. The molecule has 1 aliphatic heterocycles. The molecule has 0 spiro atoms. The van der Waals surface area contributed by atoms with Crippen LogP contribution in [0, 0.1) is 5.82 Å². The molecule has 5 heteroatoms. The lowest BCUT2D eigenvalue weighted by molar-refractivity contribution is 0.101. The molecule has 0 atom stereocenters. The van der Waals surface area contributed by atoms with Gasteiger partial charge in [0.25, 0.3) is 0 Å². The van der Waals surface area contributed by atoms with E-state index in [1.807, 2.05) is 4.57 Å². The maximum Gasteiger partial charge on any atom is 0.232 e. The third-order valence-corrected chi connectivity index (χ3v) is 3.12. The first-order valence-corrected chi connectivity index (χ1v) is 6.43. The van der Waals surface area contributed by atoms with Crippen LogP contribution in [0.25, 0.3) is 6.08 Å². The third kappa shape index (κ3) is 2.11. The first kappa shape index (κ1) is 12.6. The molecule has 0 bridgehead atoms. The van der Waals surface area contributed by atoms with Crippen molar-refractivity contribution in [3.8, 4) is 5.75 Å². The van der Waals surface area contributed by atoms with Crippen LogP contribution in [0.4, 0.5) is 4.39 Å². The summed E-state index contributed by atoms with van der Waals surface area (Å²) in [5, 5.41) is 0. The van der Waals surface area contributed by atoms with Gasteiger partial charge in [-0.1, -0.05) is 6.92 Å². The third-order valence-electron chi connectivity index (χ3n) is 3.12. The summed E-state index contributed by atoms with van der Waals surface area (Å²) in [5.74, 6) is -0.158. The average Bonchev–Trinajstić information content (AvgIpc) is 2.98. The summed E-state index contributed by atoms with van der Waals surface area (Å²) in [5.41, 5.74) is 1.06. The molecule has 0 aliphatic carbocycles. The maximum atomic E-state index is 13.2. The number of Topliss-reactive ketones (excluding diaryl/α,β-unsaturated/α-hetero) is 1. The number of aryl methyl sites for hydroxylation is 1. The van der Waals surface area contributed by atoms with E-state index in [1.165, 1.54) is 18.2 Å². The molecule has 0 unspecified atom stereocenters. The van der Waals surface area contributed by atoms with Crippen LogP contribution in [0.3, 0.4) is 0 Å². The molecule has 0 radical (unpaired) electrons. The van der Waals surface area contributed by atoms with Gasteiger partial charge in [-0.15, -0.1) is 0 Å². The van der Waals surface area contributed by atoms with E-state index in [1.54, 1.807) is 18.6 Å². The van der Waals surface area contributed by atoms with Crippen molar-refractivity contribution in [2.45, 2.75) is 19.9 Å². The largest absolute Gasteiger partial charge is 0.452 e.